The summed E-state index contributed by atoms with van der Waals surface area (Å²) in [7, 11) is 0. The maximum atomic E-state index is 2.90. The van der Waals surface area contributed by atoms with Gasteiger partial charge in [-0.2, -0.15) is 0 Å². The van der Waals surface area contributed by atoms with E-state index >= 15 is 0 Å². The smallest absolute Gasteiger partial charge is 0.0126 e. The number of fused-ring (bicyclic) bond motifs is 1. The summed E-state index contributed by atoms with van der Waals surface area (Å²) in [4.78, 5) is 2.90. The lowest BCUT2D eigenvalue weighted by Crippen LogP contribution is -2.53. The zero-order chi connectivity index (χ0) is 11.4. The fourth-order valence-electron chi connectivity index (χ4n) is 4.05. The second-order valence-electron chi connectivity index (χ2n) is 5.87. The zero-order valence-electron chi connectivity index (χ0n) is 11.3. The van der Waals surface area contributed by atoms with Crippen molar-refractivity contribution < 1.29 is 0 Å². The number of hydrogen-bond acceptors (Lipinski definition) is 1. The summed E-state index contributed by atoms with van der Waals surface area (Å²) in [6.45, 7) is 6.10. The molecule has 2 aliphatic rings. The lowest BCUT2D eigenvalue weighted by Gasteiger charge is -2.49. The molecule has 0 aliphatic carbocycles. The van der Waals surface area contributed by atoms with E-state index in [2.05, 4.69) is 18.7 Å². The van der Waals surface area contributed by atoms with E-state index in [0.717, 1.165) is 18.0 Å². The predicted octanol–water partition coefficient (Wildman–Crippen LogP) is 4.22. The molecule has 2 heterocycles. The van der Waals surface area contributed by atoms with Crippen LogP contribution in [0, 0.1) is 5.92 Å². The molecule has 0 bridgehead atoms. The molecule has 2 aliphatic heterocycles. The van der Waals surface area contributed by atoms with Crippen LogP contribution in [0.15, 0.2) is 0 Å². The minimum Gasteiger partial charge on any atom is -0.297 e. The predicted molar refractivity (Wildman–Crippen MR) is 70.7 cm³/mol. The van der Waals surface area contributed by atoms with Crippen LogP contribution in [0.25, 0.3) is 0 Å². The van der Waals surface area contributed by atoms with Crippen LogP contribution in [0.3, 0.4) is 0 Å². The Kier molecular flexibility index (Phi) is 4.69. The van der Waals surface area contributed by atoms with Crippen molar-refractivity contribution >= 4 is 0 Å². The molecular formula is C15H29N. The third kappa shape index (κ3) is 2.61. The van der Waals surface area contributed by atoms with E-state index in [0.29, 0.717) is 0 Å². The third-order valence-corrected chi connectivity index (χ3v) is 4.76. The second-order valence-corrected chi connectivity index (χ2v) is 5.87. The van der Waals surface area contributed by atoms with Crippen LogP contribution < -0.4 is 0 Å². The lowest BCUT2D eigenvalue weighted by molar-refractivity contribution is 0.00521. The van der Waals surface area contributed by atoms with Gasteiger partial charge in [-0.25, -0.2) is 0 Å². The van der Waals surface area contributed by atoms with Gasteiger partial charge in [0, 0.05) is 12.1 Å². The average Bonchev–Trinajstić information content (AvgIpc) is 2.33. The Morgan fingerprint density at radius 3 is 2.50 bits per heavy atom. The van der Waals surface area contributed by atoms with E-state index in [1.807, 2.05) is 0 Å². The molecule has 0 amide bonds. The maximum Gasteiger partial charge on any atom is 0.0126 e. The summed E-state index contributed by atoms with van der Waals surface area (Å²) in [5.41, 5.74) is 0. The topological polar surface area (TPSA) is 3.24 Å². The Balaban J connectivity index is 1.99. The maximum absolute atomic E-state index is 2.90. The third-order valence-electron chi connectivity index (χ3n) is 4.76. The Hall–Kier alpha value is -0.0400. The molecule has 3 atom stereocenters. The van der Waals surface area contributed by atoms with Gasteiger partial charge in [-0.05, 0) is 51.0 Å². The molecule has 0 spiro atoms. The van der Waals surface area contributed by atoms with Crippen molar-refractivity contribution in [3.8, 4) is 0 Å². The van der Waals surface area contributed by atoms with Crippen molar-refractivity contribution in [1.29, 1.82) is 0 Å². The van der Waals surface area contributed by atoms with E-state index < -0.39 is 0 Å². The van der Waals surface area contributed by atoms with Crippen LogP contribution in [0.1, 0.15) is 71.6 Å². The molecule has 0 aromatic carbocycles. The Morgan fingerprint density at radius 1 is 0.938 bits per heavy atom. The molecule has 1 nitrogen and oxygen atoms in total. The average molecular weight is 223 g/mol. The van der Waals surface area contributed by atoms with Crippen LogP contribution >= 0.6 is 0 Å². The first kappa shape index (κ1) is 12.4. The molecule has 2 rings (SSSR count). The lowest BCUT2D eigenvalue weighted by atomic mass is 9.78. The second kappa shape index (κ2) is 6.05. The van der Waals surface area contributed by atoms with E-state index in [1.165, 1.54) is 64.3 Å². The number of nitrogens with zero attached hydrogens (tertiary/aromatic N) is 1. The van der Waals surface area contributed by atoms with Gasteiger partial charge in [-0.3, -0.25) is 4.90 Å². The molecule has 0 saturated carbocycles. The van der Waals surface area contributed by atoms with Gasteiger partial charge in [0.05, 0.1) is 0 Å². The van der Waals surface area contributed by atoms with E-state index in [4.69, 9.17) is 0 Å². The van der Waals surface area contributed by atoms with Crippen LogP contribution in [0.2, 0.25) is 0 Å². The van der Waals surface area contributed by atoms with Crippen molar-refractivity contribution in [1.82, 2.24) is 4.90 Å². The molecule has 2 saturated heterocycles. The highest BCUT2D eigenvalue weighted by atomic mass is 15.2. The first-order chi connectivity index (χ1) is 7.86. The van der Waals surface area contributed by atoms with Crippen LogP contribution in [-0.4, -0.2) is 23.5 Å². The highest BCUT2D eigenvalue weighted by Crippen LogP contribution is 2.37. The van der Waals surface area contributed by atoms with E-state index in [9.17, 15) is 0 Å². The fraction of sp³-hybridized carbons (Fsp3) is 1.00. The molecule has 1 heteroatoms. The van der Waals surface area contributed by atoms with Crippen LogP contribution in [0.5, 0.6) is 0 Å². The summed E-state index contributed by atoms with van der Waals surface area (Å²) in [5.74, 6) is 1.03. The molecule has 0 N–H and O–H groups in total. The molecule has 0 aromatic heterocycles. The SMILES string of the molecule is CCCC1CCC(CCC)N2CCCCC12. The van der Waals surface area contributed by atoms with Crippen molar-refractivity contribution in [3.05, 3.63) is 0 Å². The van der Waals surface area contributed by atoms with Crippen molar-refractivity contribution in [2.75, 3.05) is 6.54 Å². The standard InChI is InChI=1S/C15H29N/c1-3-7-13-10-11-14(8-4-2)16-12-6-5-9-15(13)16/h13-15H,3-12H2,1-2H3. The Labute approximate surface area is 102 Å². The van der Waals surface area contributed by atoms with Crippen molar-refractivity contribution in [3.63, 3.8) is 0 Å². The molecule has 0 aromatic rings. The normalized spacial score (nSPS) is 36.0. The van der Waals surface area contributed by atoms with Gasteiger partial charge < -0.3 is 0 Å². The molecule has 16 heavy (non-hydrogen) atoms. The van der Waals surface area contributed by atoms with Gasteiger partial charge in [-0.15, -0.1) is 0 Å². The van der Waals surface area contributed by atoms with Gasteiger partial charge in [-0.1, -0.05) is 33.1 Å². The molecule has 2 fully saturated rings. The Morgan fingerprint density at radius 2 is 1.75 bits per heavy atom. The van der Waals surface area contributed by atoms with E-state index in [1.54, 1.807) is 0 Å². The van der Waals surface area contributed by atoms with Gasteiger partial charge in [0.2, 0.25) is 0 Å². The van der Waals surface area contributed by atoms with Gasteiger partial charge in [0.25, 0.3) is 0 Å². The molecule has 0 radical (unpaired) electrons. The largest absolute Gasteiger partial charge is 0.297 e. The first-order valence-electron chi connectivity index (χ1n) is 7.62. The first-order valence-corrected chi connectivity index (χ1v) is 7.62. The number of hydrogen-bond donors (Lipinski definition) is 0. The van der Waals surface area contributed by atoms with Gasteiger partial charge in [0.15, 0.2) is 0 Å². The minimum atomic E-state index is 0.934. The minimum absolute atomic E-state index is 0.934. The Bertz CT molecular complexity index is 180. The number of rotatable bonds is 4. The van der Waals surface area contributed by atoms with Crippen LogP contribution in [0.4, 0.5) is 0 Å². The summed E-state index contributed by atoms with van der Waals surface area (Å²) in [5, 5.41) is 0. The summed E-state index contributed by atoms with van der Waals surface area (Å²) in [6.07, 6.45) is 13.1. The molecule has 94 valence electrons. The van der Waals surface area contributed by atoms with Gasteiger partial charge in [0.1, 0.15) is 0 Å². The van der Waals surface area contributed by atoms with Crippen molar-refractivity contribution in [2.45, 2.75) is 83.7 Å². The summed E-state index contributed by atoms with van der Waals surface area (Å²) in [6, 6.07) is 1.89. The summed E-state index contributed by atoms with van der Waals surface area (Å²) < 4.78 is 0. The zero-order valence-corrected chi connectivity index (χ0v) is 11.3. The number of piperidine rings is 2. The van der Waals surface area contributed by atoms with E-state index in [-0.39, 0.29) is 0 Å². The van der Waals surface area contributed by atoms with Crippen molar-refractivity contribution in [2.24, 2.45) is 5.92 Å². The summed E-state index contributed by atoms with van der Waals surface area (Å²) >= 11 is 0. The molecule has 3 unspecified atom stereocenters. The van der Waals surface area contributed by atoms with Crippen LogP contribution in [-0.2, 0) is 0 Å². The highest BCUT2D eigenvalue weighted by molar-refractivity contribution is 4.91. The fourth-order valence-corrected chi connectivity index (χ4v) is 4.05. The quantitative estimate of drug-likeness (QED) is 0.690. The monoisotopic (exact) mass is 223 g/mol. The molecular weight excluding hydrogens is 194 g/mol. The van der Waals surface area contributed by atoms with Gasteiger partial charge >= 0.3 is 0 Å². The highest BCUT2D eigenvalue weighted by Gasteiger charge is 2.37.